The van der Waals surface area contributed by atoms with E-state index in [0.717, 1.165) is 11.3 Å². The lowest BCUT2D eigenvalue weighted by Gasteiger charge is -2.05. The van der Waals surface area contributed by atoms with E-state index < -0.39 is 0 Å². The van der Waals surface area contributed by atoms with Gasteiger partial charge in [-0.1, -0.05) is 23.8 Å². The summed E-state index contributed by atoms with van der Waals surface area (Å²) in [6.45, 7) is 4.15. The number of aromatic nitrogens is 2. The maximum absolute atomic E-state index is 5.79. The van der Waals surface area contributed by atoms with Crippen molar-refractivity contribution in [1.29, 1.82) is 0 Å². The van der Waals surface area contributed by atoms with Gasteiger partial charge in [-0.3, -0.25) is 5.10 Å². The molecule has 2 rings (SSSR count). The van der Waals surface area contributed by atoms with E-state index in [-0.39, 0.29) is 0 Å². The third kappa shape index (κ3) is 1.37. The van der Waals surface area contributed by atoms with Gasteiger partial charge in [0.1, 0.15) is 0 Å². The second-order valence-electron chi connectivity index (χ2n) is 3.52. The van der Waals surface area contributed by atoms with Gasteiger partial charge in [-0.05, 0) is 19.4 Å². The number of aromatic amines is 1. The number of nitrogen functional groups attached to an aromatic ring is 1. The highest BCUT2D eigenvalue weighted by atomic mass is 15.1. The van der Waals surface area contributed by atoms with E-state index in [0.29, 0.717) is 5.69 Å². The molecule has 0 saturated heterocycles. The minimum Gasteiger partial charge on any atom is -0.396 e. The predicted octanol–water partition coefficient (Wildman–Crippen LogP) is 2.28. The van der Waals surface area contributed by atoms with Crippen LogP contribution in [0.3, 0.4) is 0 Å². The van der Waals surface area contributed by atoms with E-state index in [1.54, 1.807) is 6.20 Å². The molecule has 0 fully saturated rings. The van der Waals surface area contributed by atoms with Crippen molar-refractivity contribution < 1.29 is 0 Å². The molecule has 0 saturated carbocycles. The Labute approximate surface area is 83.0 Å². The highest BCUT2D eigenvalue weighted by molar-refractivity contribution is 5.74. The van der Waals surface area contributed by atoms with Crippen LogP contribution >= 0.6 is 0 Å². The zero-order valence-electron chi connectivity index (χ0n) is 8.33. The lowest BCUT2D eigenvalue weighted by Crippen LogP contribution is -1.89. The van der Waals surface area contributed by atoms with Crippen molar-refractivity contribution in [2.24, 2.45) is 0 Å². The fourth-order valence-electron chi connectivity index (χ4n) is 1.61. The molecule has 1 aromatic carbocycles. The summed E-state index contributed by atoms with van der Waals surface area (Å²) < 4.78 is 0. The Bertz CT molecular complexity index is 457. The van der Waals surface area contributed by atoms with Gasteiger partial charge in [0, 0.05) is 5.56 Å². The molecular formula is C11H13N3. The van der Waals surface area contributed by atoms with E-state index in [1.807, 2.05) is 0 Å². The molecule has 3 nitrogen and oxygen atoms in total. The smallest absolute Gasteiger partial charge is 0.0882 e. The maximum Gasteiger partial charge on any atom is 0.0882 e. The van der Waals surface area contributed by atoms with Gasteiger partial charge in [0.25, 0.3) is 0 Å². The van der Waals surface area contributed by atoms with Crippen molar-refractivity contribution in [2.75, 3.05) is 5.73 Å². The van der Waals surface area contributed by atoms with Gasteiger partial charge in [-0.15, -0.1) is 0 Å². The van der Waals surface area contributed by atoms with Crippen LogP contribution < -0.4 is 5.73 Å². The summed E-state index contributed by atoms with van der Waals surface area (Å²) in [4.78, 5) is 0. The van der Waals surface area contributed by atoms with Crippen molar-refractivity contribution in [2.45, 2.75) is 13.8 Å². The van der Waals surface area contributed by atoms with Crippen LogP contribution in [0.5, 0.6) is 0 Å². The average molecular weight is 187 g/mol. The van der Waals surface area contributed by atoms with E-state index in [9.17, 15) is 0 Å². The predicted molar refractivity (Wildman–Crippen MR) is 57.9 cm³/mol. The number of nitrogens with two attached hydrogens (primary N) is 1. The van der Waals surface area contributed by atoms with Gasteiger partial charge in [0.05, 0.1) is 17.6 Å². The topological polar surface area (TPSA) is 54.7 Å². The second-order valence-corrected chi connectivity index (χ2v) is 3.52. The molecule has 0 aliphatic rings. The average Bonchev–Trinajstić information content (AvgIpc) is 2.52. The molecule has 72 valence electrons. The number of nitrogens with one attached hydrogen (secondary N) is 1. The van der Waals surface area contributed by atoms with Crippen molar-refractivity contribution in [3.8, 4) is 11.3 Å². The maximum atomic E-state index is 5.79. The molecule has 0 amide bonds. The van der Waals surface area contributed by atoms with Crippen molar-refractivity contribution >= 4 is 5.69 Å². The number of nitrogens with zero attached hydrogens (tertiary/aromatic N) is 1. The van der Waals surface area contributed by atoms with E-state index in [1.165, 1.54) is 11.1 Å². The lowest BCUT2D eigenvalue weighted by atomic mass is 10.0. The van der Waals surface area contributed by atoms with E-state index in [4.69, 9.17) is 5.73 Å². The molecule has 1 aromatic heterocycles. The van der Waals surface area contributed by atoms with Crippen LogP contribution in [0.1, 0.15) is 11.1 Å². The Morgan fingerprint density at radius 3 is 2.64 bits per heavy atom. The first-order valence-corrected chi connectivity index (χ1v) is 4.55. The first-order chi connectivity index (χ1) is 6.68. The van der Waals surface area contributed by atoms with E-state index >= 15 is 0 Å². The van der Waals surface area contributed by atoms with Crippen LogP contribution in [0.25, 0.3) is 11.3 Å². The molecule has 0 bridgehead atoms. The standard InChI is InChI=1S/C11H13N3/c1-7-3-4-9(8(2)5-7)11-10(12)6-13-14-11/h3-6H,12H2,1-2H3,(H,13,14). The summed E-state index contributed by atoms with van der Waals surface area (Å²) in [6, 6.07) is 6.27. The van der Waals surface area contributed by atoms with Crippen LogP contribution in [-0.2, 0) is 0 Å². The molecule has 2 aromatic rings. The Morgan fingerprint density at radius 2 is 2.07 bits per heavy atom. The third-order valence-corrected chi connectivity index (χ3v) is 2.32. The molecule has 0 atom stereocenters. The van der Waals surface area contributed by atoms with Gasteiger partial charge in [-0.25, -0.2) is 0 Å². The number of H-pyrrole nitrogens is 1. The fourth-order valence-corrected chi connectivity index (χ4v) is 1.61. The summed E-state index contributed by atoms with van der Waals surface area (Å²) >= 11 is 0. The fraction of sp³-hybridized carbons (Fsp3) is 0.182. The molecule has 3 N–H and O–H groups in total. The summed E-state index contributed by atoms with van der Waals surface area (Å²) in [7, 11) is 0. The normalized spacial score (nSPS) is 10.4. The van der Waals surface area contributed by atoms with Crippen molar-refractivity contribution in [3.63, 3.8) is 0 Å². The quantitative estimate of drug-likeness (QED) is 0.719. The molecule has 14 heavy (non-hydrogen) atoms. The molecule has 1 heterocycles. The van der Waals surface area contributed by atoms with Crippen LogP contribution in [0, 0.1) is 13.8 Å². The number of benzene rings is 1. The van der Waals surface area contributed by atoms with Gasteiger partial charge in [0.15, 0.2) is 0 Å². The summed E-state index contributed by atoms with van der Waals surface area (Å²) in [5.74, 6) is 0. The zero-order valence-corrected chi connectivity index (χ0v) is 8.33. The summed E-state index contributed by atoms with van der Waals surface area (Å²) in [5, 5.41) is 6.82. The minimum atomic E-state index is 0.692. The summed E-state index contributed by atoms with van der Waals surface area (Å²) in [6.07, 6.45) is 1.63. The van der Waals surface area contributed by atoms with Crippen LogP contribution in [0.15, 0.2) is 24.4 Å². The van der Waals surface area contributed by atoms with Gasteiger partial charge < -0.3 is 5.73 Å². The first kappa shape index (κ1) is 8.81. The summed E-state index contributed by atoms with van der Waals surface area (Å²) in [5.41, 5.74) is 11.0. The van der Waals surface area contributed by atoms with Gasteiger partial charge >= 0.3 is 0 Å². The minimum absolute atomic E-state index is 0.692. The highest BCUT2D eigenvalue weighted by Crippen LogP contribution is 2.26. The molecule has 3 heteroatoms. The van der Waals surface area contributed by atoms with E-state index in [2.05, 4.69) is 42.2 Å². The second kappa shape index (κ2) is 3.18. The molecule has 0 radical (unpaired) electrons. The van der Waals surface area contributed by atoms with Crippen molar-refractivity contribution in [3.05, 3.63) is 35.5 Å². The lowest BCUT2D eigenvalue weighted by molar-refractivity contribution is 1.09. The first-order valence-electron chi connectivity index (χ1n) is 4.55. The Kier molecular flexibility index (Phi) is 2.00. The number of anilines is 1. The number of aryl methyl sites for hydroxylation is 2. The molecule has 0 aliphatic heterocycles. The zero-order chi connectivity index (χ0) is 10.1. The molecule has 0 unspecified atom stereocenters. The van der Waals surface area contributed by atoms with Crippen LogP contribution in [0.2, 0.25) is 0 Å². The van der Waals surface area contributed by atoms with Crippen molar-refractivity contribution in [1.82, 2.24) is 10.2 Å². The Morgan fingerprint density at radius 1 is 1.29 bits per heavy atom. The monoisotopic (exact) mass is 187 g/mol. The number of hydrogen-bond acceptors (Lipinski definition) is 2. The number of rotatable bonds is 1. The largest absolute Gasteiger partial charge is 0.396 e. The Balaban J connectivity index is 2.58. The SMILES string of the molecule is Cc1ccc(-c2[nH]ncc2N)c(C)c1. The molecule has 0 spiro atoms. The van der Waals surface area contributed by atoms with Gasteiger partial charge in [-0.2, -0.15) is 5.10 Å². The number of hydrogen-bond donors (Lipinski definition) is 2. The molecule has 0 aliphatic carbocycles. The van der Waals surface area contributed by atoms with Gasteiger partial charge in [0.2, 0.25) is 0 Å². The molecular weight excluding hydrogens is 174 g/mol. The Hall–Kier alpha value is -1.77. The van der Waals surface area contributed by atoms with Crippen LogP contribution in [-0.4, -0.2) is 10.2 Å². The van der Waals surface area contributed by atoms with Crippen LogP contribution in [0.4, 0.5) is 5.69 Å². The third-order valence-electron chi connectivity index (χ3n) is 2.32. The highest BCUT2D eigenvalue weighted by Gasteiger charge is 2.06.